The minimum Gasteiger partial charge on any atom is -0.508 e. The lowest BCUT2D eigenvalue weighted by molar-refractivity contribution is -0.145. The molecule has 0 saturated carbocycles. The standard InChI is InChI=1S/C11H10O5/c1-11(5-9(13)14)7-4-6(12)2-3-8(7)16-10(11)15/h2-4,12H,5H2,1H3,(H,13,14). The quantitative estimate of drug-likeness (QED) is 0.577. The molecule has 0 amide bonds. The van der Waals surface area contributed by atoms with Crippen molar-refractivity contribution in [1.29, 1.82) is 0 Å². The minimum atomic E-state index is -1.22. The summed E-state index contributed by atoms with van der Waals surface area (Å²) in [5, 5.41) is 18.1. The molecule has 0 aromatic heterocycles. The molecule has 0 bridgehead atoms. The van der Waals surface area contributed by atoms with E-state index in [1.54, 1.807) is 0 Å². The fourth-order valence-corrected chi connectivity index (χ4v) is 1.83. The lowest BCUT2D eigenvalue weighted by Crippen LogP contribution is -2.32. The Hall–Kier alpha value is -2.04. The maximum absolute atomic E-state index is 11.6. The summed E-state index contributed by atoms with van der Waals surface area (Å²) in [6, 6.07) is 4.21. The van der Waals surface area contributed by atoms with Gasteiger partial charge in [0.2, 0.25) is 0 Å². The number of phenols is 1. The first-order valence-corrected chi connectivity index (χ1v) is 4.71. The van der Waals surface area contributed by atoms with Crippen molar-refractivity contribution < 1.29 is 24.5 Å². The van der Waals surface area contributed by atoms with Crippen molar-refractivity contribution in [1.82, 2.24) is 0 Å². The van der Waals surface area contributed by atoms with E-state index in [1.165, 1.54) is 25.1 Å². The van der Waals surface area contributed by atoms with Crippen LogP contribution in [0.25, 0.3) is 0 Å². The van der Waals surface area contributed by atoms with Gasteiger partial charge in [-0.05, 0) is 25.1 Å². The number of carbonyl (C=O) groups is 2. The first-order valence-electron chi connectivity index (χ1n) is 4.71. The minimum absolute atomic E-state index is 0.0198. The van der Waals surface area contributed by atoms with Crippen molar-refractivity contribution in [3.8, 4) is 11.5 Å². The fourth-order valence-electron chi connectivity index (χ4n) is 1.83. The molecule has 0 aliphatic carbocycles. The number of hydrogen-bond acceptors (Lipinski definition) is 4. The summed E-state index contributed by atoms with van der Waals surface area (Å²) in [7, 11) is 0. The molecule has 84 valence electrons. The van der Waals surface area contributed by atoms with E-state index in [4.69, 9.17) is 9.84 Å². The van der Waals surface area contributed by atoms with Crippen molar-refractivity contribution in [2.75, 3.05) is 0 Å². The molecule has 0 fully saturated rings. The lowest BCUT2D eigenvalue weighted by atomic mass is 9.81. The third kappa shape index (κ3) is 1.41. The Balaban J connectivity index is 2.53. The Morgan fingerprint density at radius 2 is 2.19 bits per heavy atom. The SMILES string of the molecule is CC1(CC(=O)O)C(=O)Oc2ccc(O)cc21. The van der Waals surface area contributed by atoms with E-state index < -0.39 is 17.4 Å². The number of hydrogen-bond donors (Lipinski definition) is 2. The van der Waals surface area contributed by atoms with Crippen LogP contribution >= 0.6 is 0 Å². The Labute approximate surface area is 91.3 Å². The van der Waals surface area contributed by atoms with Gasteiger partial charge in [0.05, 0.1) is 6.42 Å². The summed E-state index contributed by atoms with van der Waals surface area (Å²) in [4.78, 5) is 22.4. The van der Waals surface area contributed by atoms with Gasteiger partial charge < -0.3 is 14.9 Å². The van der Waals surface area contributed by atoms with Gasteiger partial charge in [-0.2, -0.15) is 0 Å². The highest BCUT2D eigenvalue weighted by Crippen LogP contribution is 2.43. The van der Waals surface area contributed by atoms with E-state index in [2.05, 4.69) is 0 Å². The zero-order valence-corrected chi connectivity index (χ0v) is 8.56. The molecule has 0 saturated heterocycles. The van der Waals surface area contributed by atoms with E-state index in [0.29, 0.717) is 11.3 Å². The number of carboxylic acid groups (broad SMARTS) is 1. The maximum atomic E-state index is 11.6. The molecule has 5 nitrogen and oxygen atoms in total. The molecule has 5 heteroatoms. The Kier molecular flexibility index (Phi) is 2.11. The van der Waals surface area contributed by atoms with Crippen LogP contribution in [0.4, 0.5) is 0 Å². The second kappa shape index (κ2) is 3.23. The van der Waals surface area contributed by atoms with Crippen LogP contribution in [0.1, 0.15) is 18.9 Å². The smallest absolute Gasteiger partial charge is 0.322 e. The number of fused-ring (bicyclic) bond motifs is 1. The number of rotatable bonds is 2. The zero-order chi connectivity index (χ0) is 11.9. The van der Waals surface area contributed by atoms with Crippen LogP contribution in [0.5, 0.6) is 11.5 Å². The highest BCUT2D eigenvalue weighted by atomic mass is 16.5. The molecule has 1 aromatic rings. The summed E-state index contributed by atoms with van der Waals surface area (Å²) in [5.74, 6) is -1.40. The van der Waals surface area contributed by atoms with E-state index in [0.717, 1.165) is 0 Å². The summed E-state index contributed by atoms with van der Waals surface area (Å²) >= 11 is 0. The number of phenolic OH excluding ortho intramolecular Hbond substituents is 1. The molecular weight excluding hydrogens is 212 g/mol. The molecule has 16 heavy (non-hydrogen) atoms. The van der Waals surface area contributed by atoms with E-state index in [-0.39, 0.29) is 12.2 Å². The van der Waals surface area contributed by atoms with Crippen LogP contribution in [0, 0.1) is 0 Å². The van der Waals surface area contributed by atoms with Gasteiger partial charge in [-0.3, -0.25) is 9.59 Å². The van der Waals surface area contributed by atoms with Crippen molar-refractivity contribution in [3.05, 3.63) is 23.8 Å². The van der Waals surface area contributed by atoms with Gasteiger partial charge in [0.15, 0.2) is 0 Å². The van der Waals surface area contributed by atoms with Gasteiger partial charge in [-0.15, -0.1) is 0 Å². The van der Waals surface area contributed by atoms with Crippen LogP contribution in [-0.4, -0.2) is 22.2 Å². The molecule has 0 radical (unpaired) electrons. The van der Waals surface area contributed by atoms with Gasteiger partial charge in [0.25, 0.3) is 0 Å². The molecule has 2 N–H and O–H groups in total. The van der Waals surface area contributed by atoms with Gasteiger partial charge in [0, 0.05) is 5.56 Å². The summed E-state index contributed by atoms with van der Waals surface area (Å²) in [5.41, 5.74) is -0.806. The number of aromatic hydroxyl groups is 1. The van der Waals surface area contributed by atoms with Crippen LogP contribution in [0.2, 0.25) is 0 Å². The number of aliphatic carboxylic acids is 1. The highest BCUT2D eigenvalue weighted by molar-refractivity contribution is 5.93. The third-order valence-corrected chi connectivity index (χ3v) is 2.72. The molecule has 1 atom stereocenters. The number of carbonyl (C=O) groups excluding carboxylic acids is 1. The molecule has 1 heterocycles. The summed E-state index contributed by atoms with van der Waals surface area (Å²) in [6.45, 7) is 1.49. The molecular formula is C11H10O5. The van der Waals surface area contributed by atoms with Gasteiger partial charge in [0.1, 0.15) is 16.9 Å². The van der Waals surface area contributed by atoms with Gasteiger partial charge in [-0.1, -0.05) is 0 Å². The number of benzene rings is 1. The predicted molar refractivity (Wildman–Crippen MR) is 53.3 cm³/mol. The topological polar surface area (TPSA) is 83.8 Å². The van der Waals surface area contributed by atoms with E-state index in [1.807, 2.05) is 0 Å². The fraction of sp³-hybridized carbons (Fsp3) is 0.273. The largest absolute Gasteiger partial charge is 0.508 e. The number of carboxylic acids is 1. The van der Waals surface area contributed by atoms with Gasteiger partial charge in [-0.25, -0.2) is 0 Å². The molecule has 1 aliphatic rings. The second-order valence-corrected chi connectivity index (χ2v) is 3.97. The van der Waals surface area contributed by atoms with Crippen molar-refractivity contribution in [3.63, 3.8) is 0 Å². The second-order valence-electron chi connectivity index (χ2n) is 3.97. The molecule has 1 aliphatic heterocycles. The van der Waals surface area contributed by atoms with E-state index >= 15 is 0 Å². The monoisotopic (exact) mass is 222 g/mol. The first kappa shape index (κ1) is 10.5. The highest BCUT2D eigenvalue weighted by Gasteiger charge is 2.46. The van der Waals surface area contributed by atoms with Crippen molar-refractivity contribution in [2.24, 2.45) is 0 Å². The molecule has 2 rings (SSSR count). The number of esters is 1. The summed E-state index contributed by atoms with van der Waals surface area (Å²) < 4.78 is 4.96. The average molecular weight is 222 g/mol. The lowest BCUT2D eigenvalue weighted by Gasteiger charge is -2.17. The molecule has 0 spiro atoms. The van der Waals surface area contributed by atoms with Crippen molar-refractivity contribution >= 4 is 11.9 Å². The van der Waals surface area contributed by atoms with Crippen LogP contribution in [0.15, 0.2) is 18.2 Å². The van der Waals surface area contributed by atoms with Crippen LogP contribution < -0.4 is 4.74 Å². The normalized spacial score (nSPS) is 22.7. The summed E-state index contributed by atoms with van der Waals surface area (Å²) in [6.07, 6.45) is -0.359. The predicted octanol–water partition coefficient (Wildman–Crippen LogP) is 1.04. The number of ether oxygens (including phenoxy) is 1. The Bertz CT molecular complexity index is 479. The van der Waals surface area contributed by atoms with E-state index in [9.17, 15) is 14.7 Å². The molecule has 1 unspecified atom stereocenters. The molecule has 1 aromatic carbocycles. The van der Waals surface area contributed by atoms with Crippen LogP contribution in [0.3, 0.4) is 0 Å². The maximum Gasteiger partial charge on any atom is 0.322 e. The zero-order valence-electron chi connectivity index (χ0n) is 8.56. The third-order valence-electron chi connectivity index (χ3n) is 2.72. The van der Waals surface area contributed by atoms with Crippen LogP contribution in [-0.2, 0) is 15.0 Å². The first-order chi connectivity index (χ1) is 7.43. The average Bonchev–Trinajstić information content (AvgIpc) is 2.40. The van der Waals surface area contributed by atoms with Crippen molar-refractivity contribution in [2.45, 2.75) is 18.8 Å². The Morgan fingerprint density at radius 3 is 2.81 bits per heavy atom. The Morgan fingerprint density at radius 1 is 1.50 bits per heavy atom. The van der Waals surface area contributed by atoms with Gasteiger partial charge >= 0.3 is 11.9 Å².